The number of hydrogen-bond acceptors (Lipinski definition) is 6. The van der Waals surface area contributed by atoms with Crippen molar-refractivity contribution in [2.24, 2.45) is 0 Å². The highest BCUT2D eigenvalue weighted by Crippen LogP contribution is 2.36. The van der Waals surface area contributed by atoms with Crippen molar-refractivity contribution in [1.82, 2.24) is 15.2 Å². The number of rotatable bonds is 3. The molecule has 1 aliphatic heterocycles. The number of aromatic nitrogens is 3. The van der Waals surface area contributed by atoms with Gasteiger partial charge in [-0.15, -0.1) is 10.2 Å². The lowest BCUT2D eigenvalue weighted by Crippen LogP contribution is -2.27. The second kappa shape index (κ2) is 6.72. The molecule has 1 saturated heterocycles. The highest BCUT2D eigenvalue weighted by atomic mass is 35.5. The second-order valence-electron chi connectivity index (χ2n) is 5.51. The molecule has 5 nitrogen and oxygen atoms in total. The van der Waals surface area contributed by atoms with Gasteiger partial charge in [0, 0.05) is 25.3 Å². The fraction of sp³-hybridized carbons (Fsp3) is 0.462. The molecule has 2 aromatic heterocycles. The first-order valence-electron chi connectivity index (χ1n) is 7.19. The Hall–Kier alpha value is -1.82. The summed E-state index contributed by atoms with van der Waals surface area (Å²) in [6, 6.07) is 0.537. The molecule has 142 valence electrons. The molecular formula is C13H10ClF6N5S. The minimum Gasteiger partial charge on any atom is -0.355 e. The molecule has 2 aromatic rings. The van der Waals surface area contributed by atoms with Gasteiger partial charge in [0.15, 0.2) is 0 Å². The van der Waals surface area contributed by atoms with Gasteiger partial charge in [-0.2, -0.15) is 26.3 Å². The summed E-state index contributed by atoms with van der Waals surface area (Å²) in [5.41, 5.74) is -0.950. The van der Waals surface area contributed by atoms with Crippen LogP contribution in [0.5, 0.6) is 0 Å². The molecular weight excluding hydrogens is 408 g/mol. The highest BCUT2D eigenvalue weighted by molar-refractivity contribution is 7.15. The maximum absolute atomic E-state index is 12.7. The molecule has 26 heavy (non-hydrogen) atoms. The molecule has 0 spiro atoms. The third kappa shape index (κ3) is 4.11. The Labute approximate surface area is 152 Å². The van der Waals surface area contributed by atoms with E-state index in [-0.39, 0.29) is 22.0 Å². The zero-order valence-electron chi connectivity index (χ0n) is 12.7. The van der Waals surface area contributed by atoms with E-state index in [4.69, 9.17) is 11.6 Å². The van der Waals surface area contributed by atoms with E-state index in [0.717, 1.165) is 6.07 Å². The van der Waals surface area contributed by atoms with Crippen molar-refractivity contribution >= 4 is 33.9 Å². The number of anilines is 2. The standard InChI is InChI=1S/C13H10ClF6N5S/c14-8-3-6(12(15,16)17)4-21-9(8)25-2-1-7(5-25)22-11-24-23-10(26-11)13(18,19)20/h3-4,7H,1-2,5H2,(H,22,24). The minimum absolute atomic E-state index is 0.0238. The quantitative estimate of drug-likeness (QED) is 0.754. The summed E-state index contributed by atoms with van der Waals surface area (Å²) >= 11 is 6.30. The normalized spacial score (nSPS) is 18.4. The number of halogens is 7. The summed E-state index contributed by atoms with van der Waals surface area (Å²) in [4.78, 5) is 5.44. The van der Waals surface area contributed by atoms with Gasteiger partial charge in [-0.05, 0) is 12.5 Å². The van der Waals surface area contributed by atoms with E-state index < -0.39 is 22.9 Å². The molecule has 3 rings (SSSR count). The molecule has 0 aliphatic carbocycles. The van der Waals surface area contributed by atoms with Gasteiger partial charge in [0.05, 0.1) is 10.6 Å². The van der Waals surface area contributed by atoms with Crippen LogP contribution in [0.25, 0.3) is 0 Å². The molecule has 1 fully saturated rings. The first kappa shape index (κ1) is 19.0. The molecule has 1 unspecified atom stereocenters. The molecule has 1 atom stereocenters. The summed E-state index contributed by atoms with van der Waals surface area (Å²) < 4.78 is 75.5. The molecule has 0 amide bonds. The van der Waals surface area contributed by atoms with Crippen LogP contribution in [0, 0.1) is 0 Å². The van der Waals surface area contributed by atoms with E-state index in [1.165, 1.54) is 0 Å². The van der Waals surface area contributed by atoms with Crippen LogP contribution in [0.4, 0.5) is 37.3 Å². The van der Waals surface area contributed by atoms with Crippen LogP contribution >= 0.6 is 22.9 Å². The van der Waals surface area contributed by atoms with Gasteiger partial charge >= 0.3 is 12.4 Å². The zero-order chi connectivity index (χ0) is 19.1. The van der Waals surface area contributed by atoms with Crippen molar-refractivity contribution in [3.8, 4) is 0 Å². The van der Waals surface area contributed by atoms with E-state index in [9.17, 15) is 26.3 Å². The average Bonchev–Trinajstić information content (AvgIpc) is 3.16. The van der Waals surface area contributed by atoms with Crippen LogP contribution in [0.1, 0.15) is 17.0 Å². The molecule has 1 N–H and O–H groups in total. The Bertz CT molecular complexity index is 792. The van der Waals surface area contributed by atoms with Gasteiger partial charge in [0.2, 0.25) is 10.1 Å². The average molecular weight is 418 g/mol. The summed E-state index contributed by atoms with van der Waals surface area (Å²) in [6.45, 7) is 0.736. The van der Waals surface area contributed by atoms with E-state index >= 15 is 0 Å². The molecule has 3 heterocycles. The van der Waals surface area contributed by atoms with Gasteiger partial charge in [-0.1, -0.05) is 22.9 Å². The maximum atomic E-state index is 12.7. The largest absolute Gasteiger partial charge is 0.445 e. The lowest BCUT2D eigenvalue weighted by Gasteiger charge is -2.19. The Balaban J connectivity index is 1.66. The van der Waals surface area contributed by atoms with Crippen molar-refractivity contribution in [3.05, 3.63) is 27.9 Å². The molecule has 0 radical (unpaired) electrons. The van der Waals surface area contributed by atoms with Crippen LogP contribution < -0.4 is 10.2 Å². The summed E-state index contributed by atoms with van der Waals surface area (Å²) in [6.07, 6.45) is -7.88. The Morgan fingerprint density at radius 1 is 1.15 bits per heavy atom. The fourth-order valence-electron chi connectivity index (χ4n) is 2.46. The van der Waals surface area contributed by atoms with Crippen molar-refractivity contribution < 1.29 is 26.3 Å². The topological polar surface area (TPSA) is 53.9 Å². The summed E-state index contributed by atoms with van der Waals surface area (Å²) in [5, 5.41) is 8.20. The number of nitrogens with zero attached hydrogens (tertiary/aromatic N) is 4. The number of alkyl halides is 6. The lowest BCUT2D eigenvalue weighted by atomic mass is 10.2. The lowest BCUT2D eigenvalue weighted by molar-refractivity contribution is -0.138. The van der Waals surface area contributed by atoms with E-state index in [1.54, 1.807) is 4.90 Å². The number of hydrogen-bond donors (Lipinski definition) is 1. The van der Waals surface area contributed by atoms with Crippen molar-refractivity contribution in [2.45, 2.75) is 24.8 Å². The minimum atomic E-state index is -4.56. The van der Waals surface area contributed by atoms with Gasteiger partial charge in [-0.25, -0.2) is 4.98 Å². The van der Waals surface area contributed by atoms with Crippen LogP contribution in [0.3, 0.4) is 0 Å². The highest BCUT2D eigenvalue weighted by Gasteiger charge is 2.36. The Morgan fingerprint density at radius 2 is 1.88 bits per heavy atom. The van der Waals surface area contributed by atoms with Crippen LogP contribution in [0.2, 0.25) is 5.02 Å². The monoisotopic (exact) mass is 417 g/mol. The van der Waals surface area contributed by atoms with Crippen LogP contribution in [-0.4, -0.2) is 34.3 Å². The van der Waals surface area contributed by atoms with E-state index in [1.807, 2.05) is 0 Å². The van der Waals surface area contributed by atoms with Gasteiger partial charge < -0.3 is 10.2 Å². The first-order valence-corrected chi connectivity index (χ1v) is 8.38. The summed E-state index contributed by atoms with van der Waals surface area (Å²) in [5.74, 6) is 0.192. The molecule has 0 saturated carbocycles. The predicted molar refractivity (Wildman–Crippen MR) is 83.4 cm³/mol. The van der Waals surface area contributed by atoms with Gasteiger partial charge in [-0.3, -0.25) is 0 Å². The van der Waals surface area contributed by atoms with E-state index in [0.29, 0.717) is 37.0 Å². The van der Waals surface area contributed by atoms with Gasteiger partial charge in [0.25, 0.3) is 0 Å². The maximum Gasteiger partial charge on any atom is 0.445 e. The number of nitrogens with one attached hydrogen (secondary N) is 1. The van der Waals surface area contributed by atoms with Crippen molar-refractivity contribution in [1.29, 1.82) is 0 Å². The first-order chi connectivity index (χ1) is 12.0. The molecule has 0 aromatic carbocycles. The zero-order valence-corrected chi connectivity index (χ0v) is 14.3. The number of pyridine rings is 1. The van der Waals surface area contributed by atoms with Crippen LogP contribution in [-0.2, 0) is 12.4 Å². The van der Waals surface area contributed by atoms with Gasteiger partial charge in [0.1, 0.15) is 5.82 Å². The molecule has 13 heteroatoms. The SMILES string of the molecule is FC(F)(F)c1cnc(N2CCC(Nc3nnc(C(F)(F)F)s3)C2)c(Cl)c1. The Morgan fingerprint density at radius 3 is 2.46 bits per heavy atom. The summed E-state index contributed by atoms with van der Waals surface area (Å²) in [7, 11) is 0. The predicted octanol–water partition coefficient (Wildman–Crippen LogP) is 4.31. The van der Waals surface area contributed by atoms with Crippen molar-refractivity contribution in [3.63, 3.8) is 0 Å². The van der Waals surface area contributed by atoms with Crippen LogP contribution in [0.15, 0.2) is 12.3 Å². The third-order valence-electron chi connectivity index (χ3n) is 3.63. The second-order valence-corrected chi connectivity index (χ2v) is 6.90. The fourth-order valence-corrected chi connectivity index (χ4v) is 3.43. The Kier molecular flexibility index (Phi) is 4.90. The molecule has 1 aliphatic rings. The smallest absolute Gasteiger partial charge is 0.355 e. The third-order valence-corrected chi connectivity index (χ3v) is 4.81. The molecule has 0 bridgehead atoms. The van der Waals surface area contributed by atoms with Crippen molar-refractivity contribution in [2.75, 3.05) is 23.3 Å². The van der Waals surface area contributed by atoms with E-state index in [2.05, 4.69) is 20.5 Å².